The zero-order chi connectivity index (χ0) is 27.4. The van der Waals surface area contributed by atoms with Crippen LogP contribution in [0.1, 0.15) is 56.1 Å². The molecule has 1 aliphatic rings. The third kappa shape index (κ3) is 7.97. The molecule has 0 radical (unpaired) electrons. The first-order chi connectivity index (χ1) is 18.0. The van der Waals surface area contributed by atoms with Gasteiger partial charge in [-0.05, 0) is 59.4 Å². The second-order valence-corrected chi connectivity index (χ2v) is 8.50. The molecule has 37 heavy (non-hydrogen) atoms. The Labute approximate surface area is 226 Å². The smallest absolute Gasteiger partial charge is 0.255 e. The Balaban J connectivity index is 0.00000115. The van der Waals surface area contributed by atoms with Gasteiger partial charge < -0.3 is 16.0 Å². The van der Waals surface area contributed by atoms with Crippen LogP contribution in [0, 0.1) is 0 Å². The van der Waals surface area contributed by atoms with E-state index in [4.69, 9.17) is 17.3 Å². The number of amides is 1. The number of carbonyl (C=O) groups is 1. The predicted molar refractivity (Wildman–Crippen MR) is 159 cm³/mol. The molecule has 196 valence electrons. The highest BCUT2D eigenvalue weighted by Gasteiger charge is 2.20. The Morgan fingerprint density at radius 3 is 2.51 bits per heavy atom. The Morgan fingerprint density at radius 2 is 1.86 bits per heavy atom. The molecule has 1 aromatic heterocycles. The molecule has 4 N–H and O–H groups in total. The SMILES string of the molecule is C=C/C=C(NC(=O)c1ccc(C=C2CN(Cc3ccc4cc[nH]c4c3)C2)c(Cl)c1)\C(N)=C/C.CC.CC. The number of fused-ring (bicyclic) bond motifs is 1. The van der Waals surface area contributed by atoms with E-state index in [0.29, 0.717) is 22.0 Å². The van der Waals surface area contributed by atoms with E-state index in [2.05, 4.69) is 52.1 Å². The predicted octanol–water partition coefficient (Wildman–Crippen LogP) is 7.44. The summed E-state index contributed by atoms with van der Waals surface area (Å²) in [6.45, 7) is 16.2. The van der Waals surface area contributed by atoms with E-state index >= 15 is 0 Å². The summed E-state index contributed by atoms with van der Waals surface area (Å²) in [4.78, 5) is 18.3. The zero-order valence-electron chi connectivity index (χ0n) is 22.6. The first kappa shape index (κ1) is 29.7. The summed E-state index contributed by atoms with van der Waals surface area (Å²) in [6.07, 6.45) is 9.03. The summed E-state index contributed by atoms with van der Waals surface area (Å²) in [5, 5.41) is 4.58. The van der Waals surface area contributed by atoms with Gasteiger partial charge in [0.2, 0.25) is 0 Å². The largest absolute Gasteiger partial charge is 0.397 e. The zero-order valence-corrected chi connectivity index (χ0v) is 23.3. The lowest BCUT2D eigenvalue weighted by Gasteiger charge is -2.34. The molecule has 0 atom stereocenters. The normalized spacial score (nSPS) is 13.5. The average Bonchev–Trinajstić information content (AvgIpc) is 3.38. The molecule has 1 amide bonds. The lowest BCUT2D eigenvalue weighted by Crippen LogP contribution is -2.39. The molecule has 0 unspecified atom stereocenters. The van der Waals surface area contributed by atoms with Crippen LogP contribution in [0.15, 0.2) is 90.4 Å². The first-order valence-electron chi connectivity index (χ1n) is 12.8. The van der Waals surface area contributed by atoms with Crippen LogP contribution in [-0.4, -0.2) is 28.9 Å². The van der Waals surface area contributed by atoms with E-state index in [-0.39, 0.29) is 5.91 Å². The molecule has 3 aromatic rings. The summed E-state index contributed by atoms with van der Waals surface area (Å²) in [6, 6.07) is 13.9. The van der Waals surface area contributed by atoms with Crippen molar-refractivity contribution in [2.45, 2.75) is 41.2 Å². The number of rotatable bonds is 7. The second-order valence-electron chi connectivity index (χ2n) is 8.10. The summed E-state index contributed by atoms with van der Waals surface area (Å²) in [5.74, 6) is -0.275. The van der Waals surface area contributed by atoms with Crippen molar-refractivity contribution in [1.82, 2.24) is 15.2 Å². The number of hydrogen-bond acceptors (Lipinski definition) is 3. The van der Waals surface area contributed by atoms with Crippen LogP contribution in [-0.2, 0) is 6.54 Å². The highest BCUT2D eigenvalue weighted by molar-refractivity contribution is 6.32. The van der Waals surface area contributed by atoms with E-state index in [1.807, 2.05) is 40.0 Å². The van der Waals surface area contributed by atoms with Crippen LogP contribution in [0.5, 0.6) is 0 Å². The number of nitrogens with zero attached hydrogens (tertiary/aromatic N) is 1. The van der Waals surface area contributed by atoms with Gasteiger partial charge in [0, 0.05) is 41.9 Å². The van der Waals surface area contributed by atoms with E-state index in [9.17, 15) is 4.79 Å². The number of allylic oxidation sites excluding steroid dienone is 3. The van der Waals surface area contributed by atoms with E-state index in [1.54, 1.807) is 37.3 Å². The van der Waals surface area contributed by atoms with Gasteiger partial charge in [0.25, 0.3) is 5.91 Å². The van der Waals surface area contributed by atoms with Crippen LogP contribution < -0.4 is 11.1 Å². The minimum absolute atomic E-state index is 0.275. The third-order valence-electron chi connectivity index (χ3n) is 5.66. The number of nitrogens with one attached hydrogen (secondary N) is 2. The van der Waals surface area contributed by atoms with Crippen molar-refractivity contribution in [2.75, 3.05) is 13.1 Å². The molecule has 0 aliphatic carbocycles. The van der Waals surface area contributed by atoms with Crippen LogP contribution in [0.4, 0.5) is 0 Å². The van der Waals surface area contributed by atoms with Gasteiger partial charge in [0.05, 0.1) is 11.4 Å². The van der Waals surface area contributed by atoms with Gasteiger partial charge in [-0.1, -0.05) is 82.3 Å². The number of aromatic amines is 1. The second kappa shape index (κ2) is 14.9. The number of likely N-dealkylation sites (tertiary alicyclic amines) is 1. The fourth-order valence-corrected chi connectivity index (χ4v) is 4.10. The van der Waals surface area contributed by atoms with Gasteiger partial charge in [0.15, 0.2) is 0 Å². The van der Waals surface area contributed by atoms with Crippen molar-refractivity contribution >= 4 is 34.5 Å². The molecule has 4 rings (SSSR count). The minimum Gasteiger partial charge on any atom is -0.397 e. The number of aromatic nitrogens is 1. The fourth-order valence-electron chi connectivity index (χ4n) is 3.87. The maximum Gasteiger partial charge on any atom is 0.255 e. The fraction of sp³-hybridized carbons (Fsp3) is 0.258. The van der Waals surface area contributed by atoms with Gasteiger partial charge >= 0.3 is 0 Å². The van der Waals surface area contributed by atoms with Crippen LogP contribution in [0.3, 0.4) is 0 Å². The number of hydrogen-bond donors (Lipinski definition) is 3. The molecule has 5 nitrogen and oxygen atoms in total. The van der Waals surface area contributed by atoms with Crippen molar-refractivity contribution in [3.8, 4) is 0 Å². The van der Waals surface area contributed by atoms with Crippen molar-refractivity contribution in [1.29, 1.82) is 0 Å². The quantitative estimate of drug-likeness (QED) is 0.284. The first-order valence-corrected chi connectivity index (χ1v) is 13.2. The number of H-pyrrole nitrogens is 1. The van der Waals surface area contributed by atoms with Crippen LogP contribution in [0.25, 0.3) is 17.0 Å². The molecule has 2 aromatic carbocycles. The minimum atomic E-state index is -0.275. The molecule has 6 heteroatoms. The Kier molecular flexibility index (Phi) is 11.9. The van der Waals surface area contributed by atoms with Crippen molar-refractivity contribution < 1.29 is 4.79 Å². The lowest BCUT2D eigenvalue weighted by atomic mass is 10.0. The Morgan fingerprint density at radius 1 is 1.14 bits per heavy atom. The Hall–Kier alpha value is -3.54. The molecule has 0 bridgehead atoms. The van der Waals surface area contributed by atoms with E-state index in [1.165, 1.54) is 22.0 Å². The monoisotopic (exact) mass is 518 g/mol. The topological polar surface area (TPSA) is 74.2 Å². The maximum atomic E-state index is 12.6. The molecular formula is C31H39ClN4O. The van der Waals surface area contributed by atoms with Gasteiger partial charge in [-0.25, -0.2) is 0 Å². The summed E-state index contributed by atoms with van der Waals surface area (Å²) < 4.78 is 0. The average molecular weight is 519 g/mol. The highest BCUT2D eigenvalue weighted by atomic mass is 35.5. The number of carbonyl (C=O) groups excluding carboxylic acids is 1. The molecule has 2 heterocycles. The summed E-state index contributed by atoms with van der Waals surface area (Å²) >= 11 is 6.49. The summed E-state index contributed by atoms with van der Waals surface area (Å²) in [5.41, 5.74) is 12.1. The molecule has 0 spiro atoms. The van der Waals surface area contributed by atoms with Crippen molar-refractivity contribution in [3.05, 3.63) is 112 Å². The molecule has 1 aliphatic heterocycles. The molecule has 0 saturated carbocycles. The number of nitrogens with two attached hydrogens (primary N) is 1. The lowest BCUT2D eigenvalue weighted by molar-refractivity contribution is 0.0966. The number of benzene rings is 2. The van der Waals surface area contributed by atoms with Gasteiger partial charge in [-0.15, -0.1) is 0 Å². The van der Waals surface area contributed by atoms with E-state index < -0.39 is 0 Å². The van der Waals surface area contributed by atoms with Crippen molar-refractivity contribution in [3.63, 3.8) is 0 Å². The standard InChI is InChI=1S/C27H27ClN4O.2C2H6/c1-3-5-25(24(29)4-2)31-27(33)22-9-8-21(23(28)14-22)12-19-16-32(17-19)15-18-6-7-20-10-11-30-26(20)13-18;2*1-2/h3-14,30H,1,15-17,29H2,2H3,(H,31,33);2*1-2H3/b24-4+,25-5+;;. The molecule has 1 fully saturated rings. The maximum absolute atomic E-state index is 12.6. The third-order valence-corrected chi connectivity index (χ3v) is 5.98. The van der Waals surface area contributed by atoms with E-state index in [0.717, 1.165) is 25.2 Å². The summed E-state index contributed by atoms with van der Waals surface area (Å²) in [7, 11) is 0. The van der Waals surface area contributed by atoms with Crippen LogP contribution >= 0.6 is 11.6 Å². The highest BCUT2D eigenvalue weighted by Crippen LogP contribution is 2.26. The molecular weight excluding hydrogens is 480 g/mol. The Bertz CT molecular complexity index is 1290. The van der Waals surface area contributed by atoms with Gasteiger partial charge in [-0.3, -0.25) is 9.69 Å². The number of halogens is 1. The van der Waals surface area contributed by atoms with Crippen LogP contribution in [0.2, 0.25) is 5.02 Å². The van der Waals surface area contributed by atoms with Gasteiger partial charge in [-0.2, -0.15) is 0 Å². The molecule has 1 saturated heterocycles. The van der Waals surface area contributed by atoms with Crippen molar-refractivity contribution in [2.24, 2.45) is 5.73 Å². The van der Waals surface area contributed by atoms with Gasteiger partial charge in [0.1, 0.15) is 0 Å².